The highest BCUT2D eigenvalue weighted by atomic mass is 16.7. The summed E-state index contributed by atoms with van der Waals surface area (Å²) in [5, 5.41) is 39.8. The van der Waals surface area contributed by atoms with Gasteiger partial charge in [0.05, 0.1) is 29.9 Å². The van der Waals surface area contributed by atoms with E-state index in [0.717, 1.165) is 58.7 Å². The van der Waals surface area contributed by atoms with Crippen molar-refractivity contribution in [3.05, 3.63) is 167 Å². The van der Waals surface area contributed by atoms with E-state index in [4.69, 9.17) is 24.2 Å². The van der Waals surface area contributed by atoms with Crippen molar-refractivity contribution in [3.8, 4) is 17.6 Å². The molecule has 0 aromatic heterocycles. The number of oxime groups is 1. The molecule has 0 saturated heterocycles. The maximum absolute atomic E-state index is 15.6. The van der Waals surface area contributed by atoms with E-state index < -0.39 is 29.4 Å². The topological polar surface area (TPSA) is 163 Å². The number of unbranched alkanes of at least 4 members (excludes halogenated alkanes) is 2. The minimum atomic E-state index is -1.55. The number of fused-ring (bicyclic) bond motifs is 3. The van der Waals surface area contributed by atoms with Crippen molar-refractivity contribution in [2.24, 2.45) is 22.9 Å². The monoisotopic (exact) mass is 944 g/mol. The Morgan fingerprint density at radius 1 is 0.929 bits per heavy atom. The second kappa shape index (κ2) is 22.3. The minimum absolute atomic E-state index is 0.00764. The smallest absolute Gasteiger partial charge is 0.412 e. The number of benzene rings is 5. The van der Waals surface area contributed by atoms with Crippen LogP contribution in [0.4, 0.5) is 4.79 Å². The maximum Gasteiger partial charge on any atom is 0.412 e. The fourth-order valence-electron chi connectivity index (χ4n) is 10.6. The molecule has 8 rings (SSSR count). The van der Waals surface area contributed by atoms with E-state index in [-0.39, 0.29) is 63.0 Å². The second-order valence-electron chi connectivity index (χ2n) is 19.5. The number of nitrogens with one attached hydrogen (secondary N) is 1. The van der Waals surface area contributed by atoms with Crippen LogP contribution in [-0.4, -0.2) is 70.1 Å². The molecule has 12 nitrogen and oxygen atoms in total. The van der Waals surface area contributed by atoms with Crippen molar-refractivity contribution in [1.29, 1.82) is 5.26 Å². The first kappa shape index (κ1) is 49.6. The van der Waals surface area contributed by atoms with Crippen LogP contribution in [0, 0.1) is 29.1 Å². The number of rotatable bonds is 19. The van der Waals surface area contributed by atoms with Gasteiger partial charge in [-0.25, -0.2) is 4.79 Å². The van der Waals surface area contributed by atoms with Gasteiger partial charge in [0.25, 0.3) is 5.91 Å². The molecule has 0 spiro atoms. The van der Waals surface area contributed by atoms with Gasteiger partial charge >= 0.3 is 6.09 Å². The van der Waals surface area contributed by atoms with Gasteiger partial charge < -0.3 is 39.5 Å². The van der Waals surface area contributed by atoms with Crippen LogP contribution in [0.25, 0.3) is 10.8 Å². The summed E-state index contributed by atoms with van der Waals surface area (Å²) in [6.07, 6.45) is 7.83. The number of allylic oxidation sites excluding steroid dienone is 1. The Morgan fingerprint density at radius 3 is 2.39 bits per heavy atom. The van der Waals surface area contributed by atoms with E-state index in [0.29, 0.717) is 41.2 Å². The largest absolute Gasteiger partial charge is 0.459 e. The lowest BCUT2D eigenvalue weighted by Gasteiger charge is -2.60. The summed E-state index contributed by atoms with van der Waals surface area (Å²) in [6.45, 7) is 10.6. The average molecular weight is 945 g/mol. The molecule has 5 aromatic carbocycles. The van der Waals surface area contributed by atoms with Gasteiger partial charge in [0.2, 0.25) is 5.79 Å². The van der Waals surface area contributed by atoms with Crippen LogP contribution >= 0.6 is 0 Å². The zero-order chi connectivity index (χ0) is 49.3. The summed E-state index contributed by atoms with van der Waals surface area (Å²) in [6, 6.07) is 37.3. The van der Waals surface area contributed by atoms with Gasteiger partial charge in [-0.3, -0.25) is 4.79 Å². The molecule has 1 saturated carbocycles. The number of amides is 2. The second-order valence-corrected chi connectivity index (χ2v) is 19.5. The molecule has 0 unspecified atom stereocenters. The number of ether oxygens (including phenoxy) is 3. The lowest BCUT2D eigenvalue weighted by atomic mass is 9.55. The third-order valence-corrected chi connectivity index (χ3v) is 13.7. The van der Waals surface area contributed by atoms with E-state index in [2.05, 4.69) is 42.2 Å². The molecule has 364 valence electrons. The number of nitrogens with zero attached hydrogens (tertiary/aromatic N) is 3. The van der Waals surface area contributed by atoms with Crippen molar-refractivity contribution >= 4 is 28.5 Å². The Bertz CT molecular complexity index is 2740. The number of carbonyl (C=O) groups excluding carboxylic acids is 2. The van der Waals surface area contributed by atoms with Crippen LogP contribution in [0.5, 0.6) is 11.5 Å². The Balaban J connectivity index is 1.35. The van der Waals surface area contributed by atoms with Gasteiger partial charge in [0, 0.05) is 49.8 Å². The summed E-state index contributed by atoms with van der Waals surface area (Å²) in [5.41, 5.74) is 4.36. The van der Waals surface area contributed by atoms with Crippen LogP contribution in [0.2, 0.25) is 0 Å². The summed E-state index contributed by atoms with van der Waals surface area (Å²) >= 11 is 0. The molecule has 1 fully saturated rings. The fraction of sp³-hybridized carbons (Fsp3) is 0.379. The molecule has 3 N–H and O–H groups in total. The lowest BCUT2D eigenvalue weighted by Crippen LogP contribution is -2.70. The first-order valence-electron chi connectivity index (χ1n) is 24.5. The molecular formula is C58H64N4O8. The molecule has 12 heteroatoms. The molecule has 6 atom stereocenters. The first-order chi connectivity index (χ1) is 34.0. The average Bonchev–Trinajstić information content (AvgIpc) is 3.37. The molecule has 1 heterocycles. The predicted molar refractivity (Wildman–Crippen MR) is 270 cm³/mol. The maximum atomic E-state index is 15.6. The van der Waals surface area contributed by atoms with E-state index in [1.54, 1.807) is 36.4 Å². The van der Waals surface area contributed by atoms with Crippen molar-refractivity contribution in [2.45, 2.75) is 102 Å². The first-order valence-corrected chi connectivity index (χ1v) is 24.5. The molecule has 3 aliphatic rings. The predicted octanol–water partition coefficient (Wildman–Crippen LogP) is 10.8. The van der Waals surface area contributed by atoms with Gasteiger partial charge in [0.15, 0.2) is 0 Å². The Hall–Kier alpha value is -6.78. The SMILES string of the molecule is C=CCO[C@@]12Oc3ccc(OC(=O)NCc4ccccc4)cc3[C@H]3[C@H](CCCCO)[C@@H](CCCCO)C=C(C(=NOC(C)(C)C)C[C@@H]1N(Cc1cccc4ccccc14)C(=O)c1ccc(C#N)cc1)[C@H]32. The number of nitriles is 1. The van der Waals surface area contributed by atoms with Crippen LogP contribution in [-0.2, 0) is 22.7 Å². The molecule has 0 radical (unpaired) electrons. The van der Waals surface area contributed by atoms with Crippen molar-refractivity contribution in [3.63, 3.8) is 0 Å². The third kappa shape index (κ3) is 11.0. The Morgan fingerprint density at radius 2 is 1.66 bits per heavy atom. The molecule has 1 aliphatic heterocycles. The number of hydrogen-bond donors (Lipinski definition) is 3. The molecule has 5 aromatic rings. The van der Waals surface area contributed by atoms with Crippen LogP contribution in [0.15, 0.2) is 145 Å². The highest BCUT2D eigenvalue weighted by Crippen LogP contribution is 2.62. The Kier molecular flexibility index (Phi) is 15.8. The number of hydrogen-bond acceptors (Lipinski definition) is 10. The van der Waals surface area contributed by atoms with Gasteiger partial charge in [-0.1, -0.05) is 103 Å². The van der Waals surface area contributed by atoms with Gasteiger partial charge in [-0.15, -0.1) is 6.58 Å². The highest BCUT2D eigenvalue weighted by molar-refractivity contribution is 6.03. The van der Waals surface area contributed by atoms with Crippen LogP contribution in [0.1, 0.15) is 104 Å². The summed E-state index contributed by atoms with van der Waals surface area (Å²) in [5.74, 6) is -1.99. The van der Waals surface area contributed by atoms with Crippen LogP contribution in [0.3, 0.4) is 0 Å². The number of carbonyl (C=O) groups is 2. The number of aliphatic hydroxyl groups is 2. The highest BCUT2D eigenvalue weighted by Gasteiger charge is 2.65. The van der Waals surface area contributed by atoms with E-state index in [9.17, 15) is 20.3 Å². The van der Waals surface area contributed by atoms with Gasteiger partial charge in [-0.05, 0) is 128 Å². The third-order valence-electron chi connectivity index (χ3n) is 13.7. The molecule has 2 aliphatic carbocycles. The van der Waals surface area contributed by atoms with Gasteiger partial charge in [0.1, 0.15) is 23.1 Å². The molecular weight excluding hydrogens is 881 g/mol. The van der Waals surface area contributed by atoms with Gasteiger partial charge in [-0.2, -0.15) is 5.26 Å². The van der Waals surface area contributed by atoms with Crippen molar-refractivity contribution in [2.75, 3.05) is 19.8 Å². The van der Waals surface area contributed by atoms with E-state index in [1.165, 1.54) is 0 Å². The standard InChI is InChI=1S/C58H64N4O8/c1-5-32-67-58-52(62(55(65)42-26-24-39(36-59)25-27-42)38-44-21-15-20-41-18-9-10-22-46(41)44)35-50(61-70-57(2,3)4)48-33-43(19-11-13-30-63)47(23-12-14-31-64)53(54(48)58)49-34-45(28-29-51(49)69-58)68-56(66)60-37-40-16-7-6-8-17-40/h5-10,15-18,20-22,24-29,33-34,43,47,52-54,63-64H,1,11-14,19,23,30-32,35,37-38H2,2-4H3,(H,60,66)/t43-,47+,52-,53+,54+,58+/m0/s1. The summed E-state index contributed by atoms with van der Waals surface area (Å²) in [4.78, 5) is 37.3. The lowest BCUT2D eigenvalue weighted by molar-refractivity contribution is -0.255. The quantitative estimate of drug-likeness (QED) is 0.0415. The molecule has 0 bridgehead atoms. The molecule has 70 heavy (non-hydrogen) atoms. The van der Waals surface area contributed by atoms with Crippen molar-refractivity contribution < 1.29 is 38.9 Å². The van der Waals surface area contributed by atoms with E-state index in [1.807, 2.05) is 92.4 Å². The normalized spacial score (nSPS) is 21.9. The fourth-order valence-corrected chi connectivity index (χ4v) is 10.6. The summed E-state index contributed by atoms with van der Waals surface area (Å²) < 4.78 is 20.8. The summed E-state index contributed by atoms with van der Waals surface area (Å²) in [7, 11) is 0. The zero-order valence-corrected chi connectivity index (χ0v) is 40.4. The van der Waals surface area contributed by atoms with Crippen molar-refractivity contribution in [1.82, 2.24) is 10.2 Å². The zero-order valence-electron chi connectivity index (χ0n) is 40.4. The van der Waals surface area contributed by atoms with Crippen LogP contribution < -0.4 is 14.8 Å². The Labute approximate surface area is 411 Å². The number of aliphatic hydroxyl groups excluding tert-OH is 2. The van der Waals surface area contributed by atoms with E-state index >= 15 is 4.79 Å². The molecule has 2 amide bonds. The minimum Gasteiger partial charge on any atom is -0.459 e.